The van der Waals surface area contributed by atoms with Crippen LogP contribution in [-0.2, 0) is 4.79 Å². The highest BCUT2D eigenvalue weighted by Crippen LogP contribution is 2.21. The second-order valence-corrected chi connectivity index (χ2v) is 5.87. The Morgan fingerprint density at radius 2 is 2.37 bits per heavy atom. The molecule has 2 N–H and O–H groups in total. The number of aryl methyl sites for hydroxylation is 1. The molecule has 0 aromatic heterocycles. The molecule has 1 unspecified atom stereocenters. The van der Waals surface area contributed by atoms with Gasteiger partial charge in [-0.2, -0.15) is 0 Å². The largest absolute Gasteiger partial charge is 0.395 e. The number of likely N-dealkylation sites (tertiary alicyclic amines) is 1. The van der Waals surface area contributed by atoms with E-state index in [1.807, 2.05) is 30.0 Å². The van der Waals surface area contributed by atoms with Crippen LogP contribution in [0.3, 0.4) is 0 Å². The number of anilines is 1. The maximum absolute atomic E-state index is 12.0. The van der Waals surface area contributed by atoms with Crippen LogP contribution >= 0.6 is 15.9 Å². The summed E-state index contributed by atoms with van der Waals surface area (Å²) in [7, 11) is 0. The summed E-state index contributed by atoms with van der Waals surface area (Å²) >= 11 is 3.40. The topological polar surface area (TPSA) is 52.6 Å². The summed E-state index contributed by atoms with van der Waals surface area (Å²) in [4.78, 5) is 14.1. The molecule has 4 nitrogen and oxygen atoms in total. The van der Waals surface area contributed by atoms with Crippen molar-refractivity contribution in [1.29, 1.82) is 0 Å². The van der Waals surface area contributed by atoms with Gasteiger partial charge in [-0.3, -0.25) is 9.69 Å². The Morgan fingerprint density at radius 1 is 1.58 bits per heavy atom. The van der Waals surface area contributed by atoms with Crippen LogP contribution in [0, 0.1) is 6.92 Å². The van der Waals surface area contributed by atoms with Crippen LogP contribution < -0.4 is 5.32 Å². The van der Waals surface area contributed by atoms with Crippen molar-refractivity contribution in [3.8, 4) is 0 Å². The zero-order valence-corrected chi connectivity index (χ0v) is 12.6. The SMILES string of the molecule is Cc1cc(Br)ccc1NC(=O)CN1CCCC1CO. The number of halogens is 1. The molecule has 19 heavy (non-hydrogen) atoms. The molecule has 1 atom stereocenters. The van der Waals surface area contributed by atoms with Gasteiger partial charge in [-0.15, -0.1) is 0 Å². The number of nitrogens with zero attached hydrogens (tertiary/aromatic N) is 1. The number of aliphatic hydroxyl groups is 1. The molecule has 1 aromatic carbocycles. The van der Waals surface area contributed by atoms with E-state index in [0.717, 1.165) is 35.1 Å². The first-order valence-electron chi connectivity index (χ1n) is 6.51. The number of rotatable bonds is 4. The summed E-state index contributed by atoms with van der Waals surface area (Å²) in [6.45, 7) is 3.33. The molecule has 0 aliphatic carbocycles. The highest BCUT2D eigenvalue weighted by molar-refractivity contribution is 9.10. The summed E-state index contributed by atoms with van der Waals surface area (Å²) in [6.07, 6.45) is 2.02. The van der Waals surface area contributed by atoms with Crippen molar-refractivity contribution in [3.05, 3.63) is 28.2 Å². The highest BCUT2D eigenvalue weighted by atomic mass is 79.9. The average Bonchev–Trinajstić information content (AvgIpc) is 2.80. The van der Waals surface area contributed by atoms with Gasteiger partial charge in [-0.1, -0.05) is 15.9 Å². The summed E-state index contributed by atoms with van der Waals surface area (Å²) in [5.41, 5.74) is 1.87. The smallest absolute Gasteiger partial charge is 0.238 e. The molecule has 1 heterocycles. The lowest BCUT2D eigenvalue weighted by Gasteiger charge is -2.22. The Morgan fingerprint density at radius 3 is 3.05 bits per heavy atom. The summed E-state index contributed by atoms with van der Waals surface area (Å²) in [5.74, 6) is -0.0224. The molecular formula is C14H19BrN2O2. The molecular weight excluding hydrogens is 308 g/mol. The predicted molar refractivity (Wildman–Crippen MR) is 79.2 cm³/mol. The summed E-state index contributed by atoms with van der Waals surface area (Å²) in [6, 6.07) is 5.92. The Bertz CT molecular complexity index is 465. The first-order chi connectivity index (χ1) is 9.10. The number of carbonyl (C=O) groups excluding carboxylic acids is 1. The number of nitrogens with one attached hydrogen (secondary N) is 1. The lowest BCUT2D eigenvalue weighted by Crippen LogP contribution is -2.38. The molecule has 104 valence electrons. The number of carbonyl (C=O) groups is 1. The minimum atomic E-state index is -0.0224. The number of hydrogen-bond donors (Lipinski definition) is 2. The van der Waals surface area contributed by atoms with Crippen LogP contribution in [0.5, 0.6) is 0 Å². The standard InChI is InChI=1S/C14H19BrN2O2/c1-10-7-11(15)4-5-13(10)16-14(19)8-17-6-2-3-12(17)9-18/h4-5,7,12,18H,2-3,6,8-9H2,1H3,(H,16,19). The Hall–Kier alpha value is -0.910. The first-order valence-corrected chi connectivity index (χ1v) is 7.30. The lowest BCUT2D eigenvalue weighted by molar-refractivity contribution is -0.117. The molecule has 1 fully saturated rings. The van der Waals surface area contributed by atoms with Crippen LogP contribution in [0.2, 0.25) is 0 Å². The molecule has 1 saturated heterocycles. The van der Waals surface area contributed by atoms with Crippen LogP contribution in [0.15, 0.2) is 22.7 Å². The van der Waals surface area contributed by atoms with Crippen LogP contribution in [0.25, 0.3) is 0 Å². The minimum absolute atomic E-state index is 0.0224. The zero-order valence-electron chi connectivity index (χ0n) is 11.0. The summed E-state index contributed by atoms with van der Waals surface area (Å²) in [5, 5.41) is 12.2. The van der Waals surface area contributed by atoms with Crippen LogP contribution in [0.1, 0.15) is 18.4 Å². The highest BCUT2D eigenvalue weighted by Gasteiger charge is 2.25. The van der Waals surface area contributed by atoms with Crippen molar-refractivity contribution in [2.45, 2.75) is 25.8 Å². The van der Waals surface area contributed by atoms with Gasteiger partial charge >= 0.3 is 0 Å². The lowest BCUT2D eigenvalue weighted by atomic mass is 10.2. The molecule has 0 saturated carbocycles. The van der Waals surface area contributed by atoms with E-state index in [9.17, 15) is 9.90 Å². The number of benzene rings is 1. The molecule has 5 heteroatoms. The molecule has 1 amide bonds. The minimum Gasteiger partial charge on any atom is -0.395 e. The van der Waals surface area contributed by atoms with E-state index in [4.69, 9.17) is 0 Å². The number of hydrogen-bond acceptors (Lipinski definition) is 3. The monoisotopic (exact) mass is 326 g/mol. The maximum atomic E-state index is 12.0. The third-order valence-corrected chi connectivity index (χ3v) is 4.01. The molecule has 0 radical (unpaired) electrons. The molecule has 1 aliphatic heterocycles. The van der Waals surface area contributed by atoms with Crippen LogP contribution in [0.4, 0.5) is 5.69 Å². The zero-order chi connectivity index (χ0) is 13.8. The fraction of sp³-hybridized carbons (Fsp3) is 0.500. The van der Waals surface area contributed by atoms with E-state index >= 15 is 0 Å². The van der Waals surface area contributed by atoms with Gasteiger partial charge in [0.1, 0.15) is 0 Å². The van der Waals surface area contributed by atoms with E-state index in [-0.39, 0.29) is 18.6 Å². The van der Waals surface area contributed by atoms with Crippen molar-refractivity contribution in [2.75, 3.05) is 25.0 Å². The average molecular weight is 327 g/mol. The van der Waals surface area contributed by atoms with Gasteiger partial charge in [0.2, 0.25) is 5.91 Å². The van der Waals surface area contributed by atoms with E-state index in [2.05, 4.69) is 21.2 Å². The Balaban J connectivity index is 1.94. The fourth-order valence-corrected chi connectivity index (χ4v) is 2.93. The number of amides is 1. The predicted octanol–water partition coefficient (Wildman–Crippen LogP) is 2.15. The molecule has 1 aliphatic rings. The molecule has 0 bridgehead atoms. The van der Waals surface area contributed by atoms with Gasteiger partial charge < -0.3 is 10.4 Å². The molecule has 0 spiro atoms. The van der Waals surface area contributed by atoms with Crippen LogP contribution in [-0.4, -0.2) is 41.7 Å². The third kappa shape index (κ3) is 3.78. The van der Waals surface area contributed by atoms with E-state index in [1.54, 1.807) is 0 Å². The second-order valence-electron chi connectivity index (χ2n) is 4.96. The third-order valence-electron chi connectivity index (χ3n) is 3.52. The van der Waals surface area contributed by atoms with Crippen molar-refractivity contribution in [1.82, 2.24) is 4.90 Å². The van der Waals surface area contributed by atoms with Gasteiger partial charge in [0.15, 0.2) is 0 Å². The van der Waals surface area contributed by atoms with E-state index in [1.165, 1.54) is 0 Å². The van der Waals surface area contributed by atoms with E-state index in [0.29, 0.717) is 6.54 Å². The van der Waals surface area contributed by atoms with E-state index < -0.39 is 0 Å². The Kier molecular flexibility index (Phi) is 4.96. The first kappa shape index (κ1) is 14.5. The van der Waals surface area contributed by atoms with Crippen molar-refractivity contribution < 1.29 is 9.90 Å². The van der Waals surface area contributed by atoms with Gasteiger partial charge in [0.25, 0.3) is 0 Å². The van der Waals surface area contributed by atoms with Gasteiger partial charge in [-0.05, 0) is 50.1 Å². The van der Waals surface area contributed by atoms with Gasteiger partial charge in [0, 0.05) is 16.2 Å². The van der Waals surface area contributed by atoms with Gasteiger partial charge in [0.05, 0.1) is 13.2 Å². The van der Waals surface area contributed by atoms with Crippen molar-refractivity contribution >= 4 is 27.5 Å². The summed E-state index contributed by atoms with van der Waals surface area (Å²) < 4.78 is 1.00. The fourth-order valence-electron chi connectivity index (χ4n) is 2.45. The molecule has 2 rings (SSSR count). The Labute approximate surface area is 121 Å². The quantitative estimate of drug-likeness (QED) is 0.891. The normalized spacial score (nSPS) is 19.6. The van der Waals surface area contributed by atoms with Gasteiger partial charge in [-0.25, -0.2) is 0 Å². The second kappa shape index (κ2) is 6.50. The number of aliphatic hydroxyl groups excluding tert-OH is 1. The van der Waals surface area contributed by atoms with Crippen molar-refractivity contribution in [2.24, 2.45) is 0 Å². The maximum Gasteiger partial charge on any atom is 0.238 e. The molecule has 1 aromatic rings. The van der Waals surface area contributed by atoms with Crippen molar-refractivity contribution in [3.63, 3.8) is 0 Å².